The van der Waals surface area contributed by atoms with E-state index in [1.807, 2.05) is 22.7 Å². The Morgan fingerprint density at radius 2 is 2.05 bits per heavy atom. The van der Waals surface area contributed by atoms with Gasteiger partial charge in [0.2, 0.25) is 0 Å². The Balaban J connectivity index is 1.89. The van der Waals surface area contributed by atoms with Crippen LogP contribution in [0.25, 0.3) is 0 Å². The van der Waals surface area contributed by atoms with Crippen LogP contribution in [-0.2, 0) is 12.8 Å². The zero-order chi connectivity index (χ0) is 13.1. The maximum atomic E-state index is 2.55. The van der Waals surface area contributed by atoms with Crippen LogP contribution >= 0.6 is 22.7 Å². The van der Waals surface area contributed by atoms with E-state index in [4.69, 9.17) is 0 Å². The lowest BCUT2D eigenvalue weighted by Gasteiger charge is -2.28. The van der Waals surface area contributed by atoms with Gasteiger partial charge < -0.3 is 0 Å². The maximum absolute atomic E-state index is 2.55. The highest BCUT2D eigenvalue weighted by atomic mass is 32.1. The van der Waals surface area contributed by atoms with E-state index < -0.39 is 0 Å². The van der Waals surface area contributed by atoms with Gasteiger partial charge in [-0.3, -0.25) is 4.90 Å². The Labute approximate surface area is 123 Å². The minimum Gasteiger partial charge on any atom is -0.298 e. The second kappa shape index (κ2) is 6.21. The fourth-order valence-corrected chi connectivity index (χ4v) is 4.76. The van der Waals surface area contributed by atoms with Crippen LogP contribution in [0.4, 0.5) is 0 Å². The molecule has 0 saturated carbocycles. The third-order valence-electron chi connectivity index (χ3n) is 4.07. The predicted molar refractivity (Wildman–Crippen MR) is 85.3 cm³/mol. The molecule has 3 heteroatoms. The average molecular weight is 291 g/mol. The van der Waals surface area contributed by atoms with E-state index in [0.29, 0.717) is 6.04 Å². The van der Waals surface area contributed by atoms with Gasteiger partial charge in [-0.1, -0.05) is 12.5 Å². The molecule has 0 radical (unpaired) electrons. The lowest BCUT2D eigenvalue weighted by Crippen LogP contribution is -2.27. The van der Waals surface area contributed by atoms with Gasteiger partial charge in [-0.05, 0) is 67.7 Å². The Morgan fingerprint density at radius 1 is 1.11 bits per heavy atom. The van der Waals surface area contributed by atoms with Crippen molar-refractivity contribution in [3.8, 4) is 0 Å². The molecule has 0 spiro atoms. The summed E-state index contributed by atoms with van der Waals surface area (Å²) in [6.07, 6.45) is 6.51. The molecule has 0 amide bonds. The van der Waals surface area contributed by atoms with Crippen LogP contribution in [0.1, 0.15) is 40.6 Å². The van der Waals surface area contributed by atoms with E-state index >= 15 is 0 Å². The number of hydrogen-bond acceptors (Lipinski definition) is 3. The standard InChI is InChI=1S/C16H21NS2/c1-17-9-4-2-3-6-15-13(8-11-19-15)12-14(17)16-7-5-10-18-16/h5,7-8,10-11,14H,2-4,6,9,12H2,1H3. The minimum absolute atomic E-state index is 0.562. The van der Waals surface area contributed by atoms with Crippen molar-refractivity contribution in [2.75, 3.05) is 13.6 Å². The highest BCUT2D eigenvalue weighted by molar-refractivity contribution is 7.10. The van der Waals surface area contributed by atoms with Crippen molar-refractivity contribution in [2.45, 2.75) is 38.1 Å². The molecule has 2 aromatic heterocycles. The van der Waals surface area contributed by atoms with Crippen molar-refractivity contribution >= 4 is 22.7 Å². The van der Waals surface area contributed by atoms with Crippen LogP contribution in [0.5, 0.6) is 0 Å². The summed E-state index contributed by atoms with van der Waals surface area (Å²) < 4.78 is 0. The Hall–Kier alpha value is -0.640. The SMILES string of the molecule is CN1CCCCCc2sccc2CC1c1cccs1. The number of thiophene rings is 2. The van der Waals surface area contributed by atoms with Crippen LogP contribution < -0.4 is 0 Å². The highest BCUT2D eigenvalue weighted by Crippen LogP contribution is 2.32. The first-order valence-corrected chi connectivity index (χ1v) is 8.89. The lowest BCUT2D eigenvalue weighted by molar-refractivity contribution is 0.239. The van der Waals surface area contributed by atoms with Crippen LogP contribution in [0, 0.1) is 0 Å². The Kier molecular flexibility index (Phi) is 4.36. The number of aryl methyl sites for hydroxylation is 1. The molecule has 0 saturated heterocycles. The molecule has 0 aromatic carbocycles. The second-order valence-electron chi connectivity index (χ2n) is 5.40. The topological polar surface area (TPSA) is 3.24 Å². The van der Waals surface area contributed by atoms with Gasteiger partial charge >= 0.3 is 0 Å². The number of likely N-dealkylation sites (N-methyl/N-ethyl adjacent to an activating group) is 1. The fraction of sp³-hybridized carbons (Fsp3) is 0.500. The summed E-state index contributed by atoms with van der Waals surface area (Å²) in [6.45, 7) is 1.22. The molecular weight excluding hydrogens is 270 g/mol. The van der Waals surface area contributed by atoms with E-state index in [-0.39, 0.29) is 0 Å². The first-order valence-electron chi connectivity index (χ1n) is 7.13. The van der Waals surface area contributed by atoms with E-state index in [1.165, 1.54) is 43.5 Å². The third kappa shape index (κ3) is 3.10. The molecule has 1 atom stereocenters. The first-order chi connectivity index (χ1) is 9.34. The van der Waals surface area contributed by atoms with Crippen molar-refractivity contribution < 1.29 is 0 Å². The molecule has 3 heterocycles. The van der Waals surface area contributed by atoms with E-state index in [2.05, 4.69) is 40.9 Å². The summed E-state index contributed by atoms with van der Waals surface area (Å²) in [5.74, 6) is 0. The fourth-order valence-electron chi connectivity index (χ4n) is 2.91. The maximum Gasteiger partial charge on any atom is 0.0479 e. The molecule has 0 bridgehead atoms. The molecule has 1 nitrogen and oxygen atoms in total. The van der Waals surface area contributed by atoms with Crippen molar-refractivity contribution in [3.05, 3.63) is 44.3 Å². The van der Waals surface area contributed by atoms with Gasteiger partial charge in [0.1, 0.15) is 0 Å². The predicted octanol–water partition coefficient (Wildman–Crippen LogP) is 4.75. The van der Waals surface area contributed by atoms with E-state index in [0.717, 1.165) is 0 Å². The zero-order valence-corrected chi connectivity index (χ0v) is 13.1. The van der Waals surface area contributed by atoms with Crippen LogP contribution in [0.15, 0.2) is 29.0 Å². The molecule has 1 aliphatic heterocycles. The Bertz CT molecular complexity index is 501. The van der Waals surface area contributed by atoms with Gasteiger partial charge in [0, 0.05) is 15.8 Å². The monoisotopic (exact) mass is 291 g/mol. The van der Waals surface area contributed by atoms with Gasteiger partial charge in [-0.2, -0.15) is 0 Å². The number of rotatable bonds is 1. The molecule has 0 N–H and O–H groups in total. The molecule has 0 fully saturated rings. The van der Waals surface area contributed by atoms with Crippen molar-refractivity contribution in [3.63, 3.8) is 0 Å². The van der Waals surface area contributed by atoms with Crippen LogP contribution in [0.2, 0.25) is 0 Å². The summed E-state index contributed by atoms with van der Waals surface area (Å²) in [6, 6.07) is 7.38. The van der Waals surface area contributed by atoms with Crippen molar-refractivity contribution in [1.29, 1.82) is 0 Å². The van der Waals surface area contributed by atoms with Gasteiger partial charge in [0.15, 0.2) is 0 Å². The summed E-state index contributed by atoms with van der Waals surface area (Å²) >= 11 is 3.85. The molecule has 102 valence electrons. The lowest BCUT2D eigenvalue weighted by atomic mass is 10.00. The Morgan fingerprint density at radius 3 is 2.89 bits per heavy atom. The molecule has 2 aromatic rings. The van der Waals surface area contributed by atoms with Gasteiger partial charge in [-0.25, -0.2) is 0 Å². The highest BCUT2D eigenvalue weighted by Gasteiger charge is 2.21. The summed E-state index contributed by atoms with van der Waals surface area (Å²) in [4.78, 5) is 5.69. The average Bonchev–Trinajstić information content (AvgIpc) is 3.06. The zero-order valence-electron chi connectivity index (χ0n) is 11.5. The quantitative estimate of drug-likeness (QED) is 0.733. The minimum atomic E-state index is 0.562. The summed E-state index contributed by atoms with van der Waals surface area (Å²) in [7, 11) is 2.29. The molecule has 1 aliphatic rings. The summed E-state index contributed by atoms with van der Waals surface area (Å²) in [5, 5.41) is 4.48. The second-order valence-corrected chi connectivity index (χ2v) is 7.38. The number of hydrogen-bond donors (Lipinski definition) is 0. The molecular formula is C16H21NS2. The first kappa shape index (κ1) is 13.3. The number of nitrogens with zero attached hydrogens (tertiary/aromatic N) is 1. The summed E-state index contributed by atoms with van der Waals surface area (Å²) in [5.41, 5.74) is 1.58. The van der Waals surface area contributed by atoms with Gasteiger partial charge in [0.25, 0.3) is 0 Å². The molecule has 3 rings (SSSR count). The molecule has 0 aliphatic carbocycles. The molecule has 19 heavy (non-hydrogen) atoms. The third-order valence-corrected chi connectivity index (χ3v) is 6.07. The van der Waals surface area contributed by atoms with Crippen molar-refractivity contribution in [2.24, 2.45) is 0 Å². The van der Waals surface area contributed by atoms with E-state index in [1.54, 1.807) is 10.4 Å². The van der Waals surface area contributed by atoms with Crippen LogP contribution in [-0.4, -0.2) is 18.5 Å². The smallest absolute Gasteiger partial charge is 0.0479 e. The van der Waals surface area contributed by atoms with Crippen molar-refractivity contribution in [1.82, 2.24) is 4.90 Å². The molecule has 1 unspecified atom stereocenters. The number of fused-ring (bicyclic) bond motifs is 1. The van der Waals surface area contributed by atoms with Gasteiger partial charge in [-0.15, -0.1) is 22.7 Å². The normalized spacial score (nSPS) is 22.1. The van der Waals surface area contributed by atoms with Crippen LogP contribution in [0.3, 0.4) is 0 Å². The van der Waals surface area contributed by atoms with E-state index in [9.17, 15) is 0 Å². The van der Waals surface area contributed by atoms with Gasteiger partial charge in [0.05, 0.1) is 0 Å². The largest absolute Gasteiger partial charge is 0.298 e.